The third-order valence-electron chi connectivity index (χ3n) is 7.05. The van der Waals surface area contributed by atoms with Crippen molar-refractivity contribution in [2.75, 3.05) is 0 Å². The largest absolute Gasteiger partial charge is 0.301 e. The van der Waals surface area contributed by atoms with Crippen molar-refractivity contribution < 1.29 is 40.6 Å². The molecule has 0 bridgehead atoms. The first-order chi connectivity index (χ1) is 25.3. The van der Waals surface area contributed by atoms with Crippen LogP contribution in [0.25, 0.3) is 0 Å². The van der Waals surface area contributed by atoms with E-state index in [-0.39, 0.29) is 17.4 Å². The van der Waals surface area contributed by atoms with E-state index in [0.717, 1.165) is 0 Å². The van der Waals surface area contributed by atoms with Crippen molar-refractivity contribution in [1.29, 1.82) is 5.26 Å². The monoisotopic (exact) mass is 756 g/mol. The molecule has 0 atom stereocenters. The molecule has 0 radical (unpaired) electrons. The molecule has 6 aromatic rings. The predicted molar refractivity (Wildman–Crippen MR) is 197 cm³/mol. The van der Waals surface area contributed by atoms with Gasteiger partial charge in [0.25, 0.3) is 0 Å². The molecule has 254 valence electrons. The minimum absolute atomic E-state index is 0. The molecule has 0 saturated carbocycles. The van der Waals surface area contributed by atoms with Gasteiger partial charge in [-0.15, -0.1) is 4.17 Å². The van der Waals surface area contributed by atoms with E-state index in [1.54, 1.807) is 0 Å². The van der Waals surface area contributed by atoms with Crippen LogP contribution in [-0.4, -0.2) is 0 Å². The summed E-state index contributed by atoms with van der Waals surface area (Å²) in [5.74, 6) is 0. The van der Waals surface area contributed by atoms with Crippen LogP contribution in [0.1, 0.15) is 0 Å². The molecule has 0 aliphatic carbocycles. The first-order valence-electron chi connectivity index (χ1n) is 14.4. The maximum atomic E-state index is 7.50. The Balaban J connectivity index is 0. The van der Waals surface area contributed by atoms with Crippen LogP contribution in [0, 0.1) is 45.1 Å². The van der Waals surface area contributed by atoms with Crippen LogP contribution in [0.2, 0.25) is 0 Å². The summed E-state index contributed by atoms with van der Waals surface area (Å²) in [7, 11) is -4.99. The number of rotatable bonds is 6. The third-order valence-corrected chi connectivity index (χ3v) is 15.5. The standard InChI is InChI=1S/C36H30NP2.CN.5CO.Cr/c1-7-19-31(20-8-1)38(32-21-9-2-10-22-32,33-23-11-3-12-24-33)37-39(34-25-13-4-14-26-34,35-27-15-5-16-28-35)36-29-17-6-18-30-36;6*1-2;/h1-30H;;;;;;;/q+1;-1;;;;;;. The Hall–Kier alpha value is -5.39. The molecule has 52 heavy (non-hydrogen) atoms. The van der Waals surface area contributed by atoms with Crippen LogP contribution in [0.15, 0.2) is 182 Å². The van der Waals surface area contributed by atoms with Gasteiger partial charge in [-0.05, 0) is 72.8 Å². The van der Waals surface area contributed by atoms with Crippen LogP contribution in [0.4, 0.5) is 0 Å². The van der Waals surface area contributed by atoms with Gasteiger partial charge in [0.15, 0.2) is 0 Å². The summed E-state index contributed by atoms with van der Waals surface area (Å²) in [6.07, 6.45) is 0. The van der Waals surface area contributed by atoms with Crippen molar-refractivity contribution in [3.05, 3.63) is 222 Å². The van der Waals surface area contributed by atoms with Gasteiger partial charge in [-0.1, -0.05) is 109 Å². The fourth-order valence-electron chi connectivity index (χ4n) is 5.27. The maximum Gasteiger partial charge on any atom is 0.301 e. The van der Waals surface area contributed by atoms with Crippen LogP contribution >= 0.6 is 14.1 Å². The minimum Gasteiger partial charge on any atom is -0.148 e. The molecule has 0 unspecified atom stereocenters. The Bertz CT molecular complexity index is 1700. The second-order valence-electron chi connectivity index (χ2n) is 9.37. The van der Waals surface area contributed by atoms with E-state index in [1.807, 2.05) is 0 Å². The topological polar surface area (TPSA) is 137 Å². The molecule has 0 spiro atoms. The van der Waals surface area contributed by atoms with Crippen LogP contribution in [0.5, 0.6) is 0 Å². The zero-order valence-corrected chi connectivity index (χ0v) is 30.6. The third kappa shape index (κ3) is 11.9. The summed E-state index contributed by atoms with van der Waals surface area (Å²) in [6, 6.07) is 65.7. The van der Waals surface area contributed by atoms with Gasteiger partial charge in [0.1, 0.15) is 0 Å². The minimum atomic E-state index is -2.50. The molecule has 6 rings (SSSR count). The number of benzene rings is 6. The van der Waals surface area contributed by atoms with E-state index in [2.05, 4.69) is 215 Å². The van der Waals surface area contributed by atoms with Crippen LogP contribution in [0.3, 0.4) is 0 Å². The average molecular weight is 757 g/mol. The Labute approximate surface area is 316 Å². The molecule has 0 aliphatic rings. The van der Waals surface area contributed by atoms with Crippen molar-refractivity contribution in [2.45, 2.75) is 0 Å². The van der Waals surface area contributed by atoms with Gasteiger partial charge in [-0.25, -0.2) is 0 Å². The molecule has 0 aliphatic heterocycles. The van der Waals surface area contributed by atoms with Gasteiger partial charge >= 0.3 is 70.6 Å². The van der Waals surface area contributed by atoms with Gasteiger partial charge in [-0.2, -0.15) is 0 Å². The summed E-state index contributed by atoms with van der Waals surface area (Å²) < 4.78 is 43.9. The van der Waals surface area contributed by atoms with Crippen molar-refractivity contribution in [3.8, 4) is 0 Å². The molecule has 6 aromatic carbocycles. The predicted octanol–water partition coefficient (Wildman–Crippen LogP) is 6.32. The van der Waals surface area contributed by atoms with Crippen molar-refractivity contribution >= 4 is 45.9 Å². The molecule has 10 heteroatoms. The molecule has 0 fully saturated rings. The first kappa shape index (κ1) is 48.7. The van der Waals surface area contributed by atoms with Gasteiger partial charge in [0.05, 0.1) is 31.8 Å². The average Bonchev–Trinajstić information content (AvgIpc) is 3.28. The van der Waals surface area contributed by atoms with Crippen molar-refractivity contribution in [3.63, 3.8) is 0 Å². The van der Waals surface area contributed by atoms with Gasteiger partial charge in [0.2, 0.25) is 0 Å². The normalized spacial score (nSPS) is 8.85. The van der Waals surface area contributed by atoms with Crippen molar-refractivity contribution in [1.82, 2.24) is 4.17 Å². The summed E-state index contributed by atoms with van der Waals surface area (Å²) >= 11 is 0. The fraction of sp³-hybridized carbons (Fsp3) is 0. The first-order valence-corrected chi connectivity index (χ1v) is 17.9. The van der Waals surface area contributed by atoms with E-state index in [1.165, 1.54) is 31.8 Å². The second kappa shape index (κ2) is 29.4. The van der Waals surface area contributed by atoms with Gasteiger partial charge < -0.3 is 11.8 Å². The summed E-state index contributed by atoms with van der Waals surface area (Å²) in [4.78, 5) is 0. The van der Waals surface area contributed by atoms with Gasteiger partial charge in [-0.3, -0.25) is 0 Å². The number of nitrogens with zero attached hydrogens (tertiary/aromatic N) is 2. The molecule has 0 amide bonds. The zero-order valence-electron chi connectivity index (χ0n) is 27.6. The zero-order chi connectivity index (χ0) is 38.4. The van der Waals surface area contributed by atoms with E-state index in [0.29, 0.717) is 0 Å². The SMILES string of the molecule is [C-]#N.[C-]#[O+].[C-]#[O+].[C-]#[O+].[C-]#[O+].[C-]#[O+].[Cr].c1ccc(P(=[N+]=P(c2ccccc2)(c2ccccc2)c2ccccc2)(c2ccccc2)c2ccccc2)cc1. The molecule has 0 aromatic heterocycles. The molecule has 0 heterocycles. The van der Waals surface area contributed by atoms with E-state index in [9.17, 15) is 0 Å². The summed E-state index contributed by atoms with van der Waals surface area (Å²) in [6.45, 7) is 27.2. The van der Waals surface area contributed by atoms with Crippen LogP contribution < -0.4 is 36.0 Å². The molecule has 0 saturated heterocycles. The van der Waals surface area contributed by atoms with Crippen molar-refractivity contribution in [2.24, 2.45) is 0 Å². The van der Waals surface area contributed by atoms with E-state index in [4.69, 9.17) is 39.3 Å². The Kier molecular flexibility index (Phi) is 27.5. The molecule has 7 nitrogen and oxygen atoms in total. The van der Waals surface area contributed by atoms with E-state index >= 15 is 0 Å². The molecular weight excluding hydrogens is 726 g/mol. The number of hydrogen-bond donors (Lipinski definition) is 0. The Morgan fingerprint density at radius 3 is 0.519 bits per heavy atom. The smallest absolute Gasteiger partial charge is 0.148 e. The van der Waals surface area contributed by atoms with Gasteiger partial charge in [0, 0.05) is 17.4 Å². The summed E-state index contributed by atoms with van der Waals surface area (Å²) in [5, 5.41) is 13.8. The number of hydrogen-bond acceptors (Lipinski definition) is 1. The fourth-order valence-corrected chi connectivity index (χ4v) is 14.8. The quantitative estimate of drug-likeness (QED) is 0.0837. The molecule has 0 N–H and O–H groups in total. The Morgan fingerprint density at radius 2 is 0.404 bits per heavy atom. The van der Waals surface area contributed by atoms with E-state index < -0.39 is 14.1 Å². The second-order valence-corrected chi connectivity index (χ2v) is 15.7. The van der Waals surface area contributed by atoms with Crippen LogP contribution in [-0.2, 0) is 40.6 Å². The Morgan fingerprint density at radius 1 is 0.288 bits per heavy atom. The maximum absolute atomic E-state index is 7.50. The summed E-state index contributed by atoms with van der Waals surface area (Å²) in [5.41, 5.74) is 0. The molecular formula is C42H30CrN2O5P2.